The third-order valence-corrected chi connectivity index (χ3v) is 6.07. The molecule has 0 bridgehead atoms. The van der Waals surface area contributed by atoms with Crippen molar-refractivity contribution in [3.63, 3.8) is 0 Å². The molecular weight excluding hydrogens is 334 g/mol. The number of sulfonamides is 1. The lowest BCUT2D eigenvalue weighted by molar-refractivity contribution is -0.0516. The third-order valence-electron chi connectivity index (χ3n) is 3.08. The summed E-state index contributed by atoms with van der Waals surface area (Å²) in [6, 6.07) is 6.46. The van der Waals surface area contributed by atoms with Gasteiger partial charge in [-0.15, -0.1) is 0 Å². The summed E-state index contributed by atoms with van der Waals surface area (Å²) in [7, 11) is -3.59. The predicted molar refractivity (Wildman–Crippen MR) is 74.3 cm³/mol. The fourth-order valence-electron chi connectivity index (χ4n) is 2.02. The van der Waals surface area contributed by atoms with Gasteiger partial charge in [0.2, 0.25) is 10.0 Å². The zero-order valence-corrected chi connectivity index (χ0v) is 12.9. The van der Waals surface area contributed by atoms with Gasteiger partial charge < -0.3 is 9.84 Å². The highest BCUT2D eigenvalue weighted by Crippen LogP contribution is 2.27. The van der Waals surface area contributed by atoms with E-state index in [-0.39, 0.29) is 30.7 Å². The highest BCUT2D eigenvalue weighted by Gasteiger charge is 2.36. The summed E-state index contributed by atoms with van der Waals surface area (Å²) in [4.78, 5) is 0.237. The molecule has 1 aliphatic heterocycles. The summed E-state index contributed by atoms with van der Waals surface area (Å²) >= 11 is 3.26. The van der Waals surface area contributed by atoms with Crippen LogP contribution in [0.2, 0.25) is 0 Å². The molecule has 7 heteroatoms. The summed E-state index contributed by atoms with van der Waals surface area (Å²) in [5.41, 5.74) is 0. The molecule has 1 aromatic carbocycles. The summed E-state index contributed by atoms with van der Waals surface area (Å²) in [6.45, 7) is 2.06. The van der Waals surface area contributed by atoms with E-state index in [0.717, 1.165) is 0 Å². The molecule has 1 aliphatic rings. The Morgan fingerprint density at radius 1 is 1.47 bits per heavy atom. The zero-order valence-electron chi connectivity index (χ0n) is 10.5. The first kappa shape index (κ1) is 14.9. The maximum Gasteiger partial charge on any atom is 0.244 e. The number of hydrogen-bond acceptors (Lipinski definition) is 4. The van der Waals surface area contributed by atoms with Crippen LogP contribution in [0.3, 0.4) is 0 Å². The second-order valence-corrected chi connectivity index (χ2v) is 7.21. The largest absolute Gasteiger partial charge is 0.394 e. The normalized spacial score (nSPS) is 25.4. The Morgan fingerprint density at radius 3 is 2.79 bits per heavy atom. The lowest BCUT2D eigenvalue weighted by Gasteiger charge is -2.36. The van der Waals surface area contributed by atoms with Gasteiger partial charge in [-0.1, -0.05) is 12.1 Å². The highest BCUT2D eigenvalue weighted by molar-refractivity contribution is 9.10. The van der Waals surface area contributed by atoms with Crippen LogP contribution in [0.1, 0.15) is 6.92 Å². The van der Waals surface area contributed by atoms with Gasteiger partial charge in [0.15, 0.2) is 0 Å². The summed E-state index contributed by atoms with van der Waals surface area (Å²) < 4.78 is 32.6. The molecular formula is C12H16BrNO4S. The average Bonchev–Trinajstić information content (AvgIpc) is 2.39. The standard InChI is InChI=1S/C12H16BrNO4S/c1-9-8-18-10(7-15)6-14(9)19(16,17)12-5-3-2-4-11(12)13/h2-5,9-10,15H,6-8H2,1H3. The van der Waals surface area contributed by atoms with Crippen LogP contribution in [0.4, 0.5) is 0 Å². The van der Waals surface area contributed by atoms with Crippen molar-refractivity contribution in [3.05, 3.63) is 28.7 Å². The molecule has 0 aromatic heterocycles. The Hall–Kier alpha value is -0.470. The first-order chi connectivity index (χ1) is 8.96. The molecule has 1 fully saturated rings. The SMILES string of the molecule is CC1COC(CO)CN1S(=O)(=O)c1ccccc1Br. The number of rotatable bonds is 3. The maximum atomic E-state index is 12.6. The predicted octanol–water partition coefficient (Wildman–Crippen LogP) is 1.22. The van der Waals surface area contributed by atoms with E-state index >= 15 is 0 Å². The number of hydrogen-bond donors (Lipinski definition) is 1. The Morgan fingerprint density at radius 2 is 2.16 bits per heavy atom. The van der Waals surface area contributed by atoms with Gasteiger partial charge in [0.05, 0.1) is 24.2 Å². The average molecular weight is 350 g/mol. The molecule has 2 rings (SSSR count). The Labute approximate surface area is 121 Å². The van der Waals surface area contributed by atoms with Crippen molar-refractivity contribution in [1.29, 1.82) is 0 Å². The molecule has 5 nitrogen and oxygen atoms in total. The fraction of sp³-hybridized carbons (Fsp3) is 0.500. The molecule has 106 valence electrons. The molecule has 0 aliphatic carbocycles. The molecule has 0 radical (unpaired) electrons. The van der Waals surface area contributed by atoms with Crippen LogP contribution in [0.15, 0.2) is 33.6 Å². The number of halogens is 1. The van der Waals surface area contributed by atoms with Crippen LogP contribution in [0, 0.1) is 0 Å². The zero-order chi connectivity index (χ0) is 14.0. The second-order valence-electron chi connectivity index (χ2n) is 4.49. The van der Waals surface area contributed by atoms with Crippen LogP contribution in [-0.2, 0) is 14.8 Å². The smallest absolute Gasteiger partial charge is 0.244 e. The molecule has 0 spiro atoms. The lowest BCUT2D eigenvalue weighted by atomic mass is 10.2. The first-order valence-electron chi connectivity index (χ1n) is 5.95. The summed E-state index contributed by atoms with van der Waals surface area (Å²) in [6.07, 6.45) is -0.464. The first-order valence-corrected chi connectivity index (χ1v) is 8.19. The van der Waals surface area contributed by atoms with Gasteiger partial charge in [-0.2, -0.15) is 4.31 Å². The second kappa shape index (κ2) is 5.88. The minimum atomic E-state index is -3.59. The number of aliphatic hydroxyl groups is 1. The molecule has 1 N–H and O–H groups in total. The van der Waals surface area contributed by atoms with E-state index in [9.17, 15) is 8.42 Å². The van der Waals surface area contributed by atoms with E-state index < -0.39 is 16.1 Å². The Bertz CT molecular complexity index is 548. The topological polar surface area (TPSA) is 66.8 Å². The summed E-state index contributed by atoms with van der Waals surface area (Å²) in [5.74, 6) is 0. The monoisotopic (exact) mass is 349 g/mol. The van der Waals surface area contributed by atoms with Gasteiger partial charge in [0.25, 0.3) is 0 Å². The van der Waals surface area contributed by atoms with Crippen LogP contribution in [-0.4, -0.2) is 49.7 Å². The fourth-order valence-corrected chi connectivity index (χ4v) is 4.63. The van der Waals surface area contributed by atoms with Crippen LogP contribution in [0.5, 0.6) is 0 Å². The molecule has 1 saturated heterocycles. The lowest BCUT2D eigenvalue weighted by Crippen LogP contribution is -2.51. The number of benzene rings is 1. The van der Waals surface area contributed by atoms with Crippen LogP contribution in [0.25, 0.3) is 0 Å². The molecule has 1 aromatic rings. The maximum absolute atomic E-state index is 12.6. The third kappa shape index (κ3) is 3.00. The van der Waals surface area contributed by atoms with Crippen molar-refractivity contribution < 1.29 is 18.3 Å². The quantitative estimate of drug-likeness (QED) is 0.890. The van der Waals surface area contributed by atoms with E-state index in [1.54, 1.807) is 31.2 Å². The molecule has 0 saturated carbocycles. The Balaban J connectivity index is 2.36. The molecule has 1 heterocycles. The van der Waals surface area contributed by atoms with Crippen molar-refractivity contribution in [2.75, 3.05) is 19.8 Å². The van der Waals surface area contributed by atoms with Gasteiger partial charge in [-0.3, -0.25) is 0 Å². The highest BCUT2D eigenvalue weighted by atomic mass is 79.9. The van der Waals surface area contributed by atoms with Crippen molar-refractivity contribution in [3.8, 4) is 0 Å². The number of morpholine rings is 1. The number of ether oxygens (including phenoxy) is 1. The van der Waals surface area contributed by atoms with E-state index in [1.165, 1.54) is 4.31 Å². The van der Waals surface area contributed by atoms with Crippen molar-refractivity contribution in [2.45, 2.75) is 24.0 Å². The molecule has 0 amide bonds. The summed E-state index contributed by atoms with van der Waals surface area (Å²) in [5, 5.41) is 9.13. The molecule has 19 heavy (non-hydrogen) atoms. The van der Waals surface area contributed by atoms with Crippen molar-refractivity contribution in [2.24, 2.45) is 0 Å². The minimum Gasteiger partial charge on any atom is -0.394 e. The number of aliphatic hydroxyl groups excluding tert-OH is 1. The van der Waals surface area contributed by atoms with Crippen LogP contribution < -0.4 is 0 Å². The molecule has 2 unspecified atom stereocenters. The Kier molecular flexibility index (Phi) is 4.62. The van der Waals surface area contributed by atoms with Gasteiger partial charge in [0, 0.05) is 17.1 Å². The minimum absolute atomic E-state index is 0.168. The van der Waals surface area contributed by atoms with E-state index in [1.807, 2.05) is 0 Å². The molecule has 2 atom stereocenters. The van der Waals surface area contributed by atoms with E-state index in [0.29, 0.717) is 4.47 Å². The van der Waals surface area contributed by atoms with Gasteiger partial charge in [-0.25, -0.2) is 8.42 Å². The van der Waals surface area contributed by atoms with Crippen molar-refractivity contribution in [1.82, 2.24) is 4.31 Å². The van der Waals surface area contributed by atoms with E-state index in [4.69, 9.17) is 9.84 Å². The van der Waals surface area contributed by atoms with E-state index in [2.05, 4.69) is 15.9 Å². The van der Waals surface area contributed by atoms with Gasteiger partial charge >= 0.3 is 0 Å². The number of nitrogens with zero attached hydrogens (tertiary/aromatic N) is 1. The van der Waals surface area contributed by atoms with Gasteiger partial charge in [0.1, 0.15) is 0 Å². The van der Waals surface area contributed by atoms with Crippen LogP contribution >= 0.6 is 15.9 Å². The van der Waals surface area contributed by atoms with Crippen molar-refractivity contribution >= 4 is 26.0 Å². The van der Waals surface area contributed by atoms with Gasteiger partial charge in [-0.05, 0) is 35.0 Å².